The summed E-state index contributed by atoms with van der Waals surface area (Å²) in [6.07, 6.45) is 3.47. The Kier molecular flexibility index (Phi) is 7.84. The lowest BCUT2D eigenvalue weighted by molar-refractivity contribution is -0.121. The number of hydrogen-bond acceptors (Lipinski definition) is 6. The first-order valence-corrected chi connectivity index (χ1v) is 12.3. The summed E-state index contributed by atoms with van der Waals surface area (Å²) in [6, 6.07) is 14.2. The molecule has 1 atom stereocenters. The number of amidine groups is 1. The predicted octanol–water partition coefficient (Wildman–Crippen LogP) is 3.44. The maximum absolute atomic E-state index is 12.5. The SMILES string of the molecule is COc1ccccc1CNC(=O)c1ccc(NC(=O)C[C@@H]2SC(N3CCCCC3)=NC2=O)cc1. The van der Waals surface area contributed by atoms with Gasteiger partial charge in [0, 0.05) is 42.9 Å². The van der Waals surface area contributed by atoms with Crippen molar-refractivity contribution in [3.05, 3.63) is 59.7 Å². The van der Waals surface area contributed by atoms with Crippen LogP contribution in [0.5, 0.6) is 5.75 Å². The molecule has 2 aromatic carbocycles. The Labute approximate surface area is 203 Å². The van der Waals surface area contributed by atoms with Gasteiger partial charge in [-0.25, -0.2) is 0 Å². The molecule has 2 aliphatic heterocycles. The fourth-order valence-electron chi connectivity index (χ4n) is 3.94. The summed E-state index contributed by atoms with van der Waals surface area (Å²) < 4.78 is 5.30. The third-order valence-corrected chi connectivity index (χ3v) is 7.00. The smallest absolute Gasteiger partial charge is 0.262 e. The quantitative estimate of drug-likeness (QED) is 0.630. The molecular formula is C25H28N4O4S. The van der Waals surface area contributed by atoms with Crippen LogP contribution in [0.3, 0.4) is 0 Å². The Morgan fingerprint density at radius 1 is 1.09 bits per heavy atom. The zero-order valence-corrected chi connectivity index (χ0v) is 19.9. The Bertz CT molecular complexity index is 1080. The Hall–Kier alpha value is -3.33. The van der Waals surface area contributed by atoms with Gasteiger partial charge in [0.25, 0.3) is 11.8 Å². The molecule has 34 heavy (non-hydrogen) atoms. The average Bonchev–Trinajstić information content (AvgIpc) is 3.23. The third-order valence-electron chi connectivity index (χ3n) is 5.79. The number of amides is 3. The van der Waals surface area contributed by atoms with Gasteiger partial charge < -0.3 is 20.3 Å². The summed E-state index contributed by atoms with van der Waals surface area (Å²) >= 11 is 1.38. The summed E-state index contributed by atoms with van der Waals surface area (Å²) in [5.74, 6) is -0.00977. The van der Waals surface area contributed by atoms with Crippen LogP contribution in [0.2, 0.25) is 0 Å². The lowest BCUT2D eigenvalue weighted by Crippen LogP contribution is -2.33. The van der Waals surface area contributed by atoms with E-state index in [9.17, 15) is 14.4 Å². The number of methoxy groups -OCH3 is 1. The highest BCUT2D eigenvalue weighted by Gasteiger charge is 2.33. The van der Waals surface area contributed by atoms with E-state index in [1.54, 1.807) is 31.4 Å². The van der Waals surface area contributed by atoms with E-state index in [0.29, 0.717) is 23.5 Å². The first-order chi connectivity index (χ1) is 16.5. The fourth-order valence-corrected chi connectivity index (χ4v) is 5.06. The van der Waals surface area contributed by atoms with Crippen LogP contribution in [0.1, 0.15) is 41.6 Å². The van der Waals surface area contributed by atoms with Crippen molar-refractivity contribution in [1.82, 2.24) is 10.2 Å². The number of nitrogens with one attached hydrogen (secondary N) is 2. The Balaban J connectivity index is 1.26. The van der Waals surface area contributed by atoms with Crippen LogP contribution in [0, 0.1) is 0 Å². The minimum Gasteiger partial charge on any atom is -0.496 e. The van der Waals surface area contributed by atoms with Gasteiger partial charge in [-0.15, -0.1) is 0 Å². The standard InChI is InChI=1S/C25H28N4O4S/c1-33-20-8-4-3-7-18(20)16-26-23(31)17-9-11-19(12-10-17)27-22(30)15-21-24(32)28-25(34-21)29-13-5-2-6-14-29/h3-4,7-12,21H,2,5-6,13-16H2,1H3,(H,26,31)(H,27,30)/t21-/m0/s1. The number of ether oxygens (including phenoxy) is 1. The van der Waals surface area contributed by atoms with Gasteiger partial charge >= 0.3 is 0 Å². The minimum absolute atomic E-state index is 0.0610. The van der Waals surface area contributed by atoms with Crippen molar-refractivity contribution in [3.63, 3.8) is 0 Å². The van der Waals surface area contributed by atoms with Crippen molar-refractivity contribution in [1.29, 1.82) is 0 Å². The summed E-state index contributed by atoms with van der Waals surface area (Å²) in [5, 5.41) is 5.93. The molecule has 1 fully saturated rings. The summed E-state index contributed by atoms with van der Waals surface area (Å²) in [5.41, 5.74) is 1.93. The second-order valence-corrected chi connectivity index (χ2v) is 9.38. The van der Waals surface area contributed by atoms with Gasteiger partial charge in [-0.1, -0.05) is 30.0 Å². The molecule has 1 saturated heterocycles. The molecule has 0 bridgehead atoms. The van der Waals surface area contributed by atoms with Gasteiger partial charge in [0.15, 0.2) is 5.17 Å². The molecule has 4 rings (SSSR count). The van der Waals surface area contributed by atoms with Gasteiger partial charge in [0.2, 0.25) is 5.91 Å². The maximum atomic E-state index is 12.5. The highest BCUT2D eigenvalue weighted by molar-refractivity contribution is 8.15. The molecule has 0 aromatic heterocycles. The molecule has 0 unspecified atom stereocenters. The lowest BCUT2D eigenvalue weighted by atomic mass is 10.1. The Morgan fingerprint density at radius 2 is 1.82 bits per heavy atom. The van der Waals surface area contributed by atoms with E-state index >= 15 is 0 Å². The number of likely N-dealkylation sites (tertiary alicyclic amines) is 1. The molecule has 2 heterocycles. The van der Waals surface area contributed by atoms with E-state index in [1.165, 1.54) is 18.2 Å². The number of hydrogen-bond donors (Lipinski definition) is 2. The van der Waals surface area contributed by atoms with Crippen molar-refractivity contribution in [2.75, 3.05) is 25.5 Å². The van der Waals surface area contributed by atoms with Crippen molar-refractivity contribution >= 4 is 40.3 Å². The van der Waals surface area contributed by atoms with Crippen molar-refractivity contribution in [3.8, 4) is 5.75 Å². The van der Waals surface area contributed by atoms with E-state index in [2.05, 4.69) is 20.5 Å². The van der Waals surface area contributed by atoms with Crippen LogP contribution in [0.25, 0.3) is 0 Å². The number of thioether (sulfide) groups is 1. The number of nitrogens with zero attached hydrogens (tertiary/aromatic N) is 2. The zero-order chi connectivity index (χ0) is 23.9. The largest absolute Gasteiger partial charge is 0.496 e. The molecule has 9 heteroatoms. The Morgan fingerprint density at radius 3 is 2.56 bits per heavy atom. The second kappa shape index (κ2) is 11.2. The van der Waals surface area contributed by atoms with Gasteiger partial charge in [0.1, 0.15) is 11.0 Å². The van der Waals surface area contributed by atoms with Crippen LogP contribution in [0.4, 0.5) is 5.69 Å². The van der Waals surface area contributed by atoms with Crippen molar-refractivity contribution < 1.29 is 19.1 Å². The maximum Gasteiger partial charge on any atom is 0.262 e. The molecule has 2 aromatic rings. The molecule has 178 valence electrons. The van der Waals surface area contributed by atoms with E-state index in [1.807, 2.05) is 24.3 Å². The van der Waals surface area contributed by atoms with Crippen molar-refractivity contribution in [2.24, 2.45) is 4.99 Å². The second-order valence-electron chi connectivity index (χ2n) is 8.21. The lowest BCUT2D eigenvalue weighted by Gasteiger charge is -2.27. The molecule has 0 aliphatic carbocycles. The molecule has 0 radical (unpaired) electrons. The van der Waals surface area contributed by atoms with Crippen LogP contribution in [0.15, 0.2) is 53.5 Å². The molecule has 2 N–H and O–H groups in total. The van der Waals surface area contributed by atoms with Crippen LogP contribution in [-0.4, -0.2) is 53.2 Å². The fraction of sp³-hybridized carbons (Fsp3) is 0.360. The number of benzene rings is 2. The van der Waals surface area contributed by atoms with Crippen LogP contribution in [-0.2, 0) is 16.1 Å². The first-order valence-electron chi connectivity index (χ1n) is 11.4. The number of anilines is 1. The van der Waals surface area contributed by atoms with Gasteiger partial charge in [-0.3, -0.25) is 14.4 Å². The molecule has 8 nitrogen and oxygen atoms in total. The monoisotopic (exact) mass is 480 g/mol. The number of carbonyl (C=O) groups excluding carboxylic acids is 3. The molecule has 0 spiro atoms. The van der Waals surface area contributed by atoms with Crippen LogP contribution >= 0.6 is 11.8 Å². The first kappa shape index (κ1) is 23.8. The minimum atomic E-state index is -0.489. The van der Waals surface area contributed by atoms with E-state index in [0.717, 1.165) is 36.7 Å². The summed E-state index contributed by atoms with van der Waals surface area (Å²) in [6.45, 7) is 2.17. The number of aliphatic imine (C=N–C) groups is 1. The number of piperidine rings is 1. The number of carbonyl (C=O) groups is 3. The molecule has 0 saturated carbocycles. The zero-order valence-electron chi connectivity index (χ0n) is 19.1. The van der Waals surface area contributed by atoms with E-state index < -0.39 is 5.25 Å². The molecule has 3 amide bonds. The van der Waals surface area contributed by atoms with Crippen molar-refractivity contribution in [2.45, 2.75) is 37.5 Å². The average molecular weight is 481 g/mol. The van der Waals surface area contributed by atoms with Crippen LogP contribution < -0.4 is 15.4 Å². The number of rotatable bonds is 7. The highest BCUT2D eigenvalue weighted by Crippen LogP contribution is 2.29. The summed E-state index contributed by atoms with van der Waals surface area (Å²) in [7, 11) is 1.59. The molecular weight excluding hydrogens is 452 g/mol. The highest BCUT2D eigenvalue weighted by atomic mass is 32.2. The predicted molar refractivity (Wildman–Crippen MR) is 133 cm³/mol. The van der Waals surface area contributed by atoms with Gasteiger partial charge in [-0.2, -0.15) is 4.99 Å². The normalized spacial score (nSPS) is 17.8. The third kappa shape index (κ3) is 5.96. The number of para-hydroxylation sites is 1. The topological polar surface area (TPSA) is 100 Å². The summed E-state index contributed by atoms with van der Waals surface area (Å²) in [4.78, 5) is 43.6. The van der Waals surface area contributed by atoms with E-state index in [-0.39, 0.29) is 24.1 Å². The van der Waals surface area contributed by atoms with Gasteiger partial charge in [0.05, 0.1) is 7.11 Å². The van der Waals surface area contributed by atoms with Gasteiger partial charge in [-0.05, 0) is 49.6 Å². The molecule has 2 aliphatic rings. The van der Waals surface area contributed by atoms with E-state index in [4.69, 9.17) is 4.74 Å².